The van der Waals surface area contributed by atoms with E-state index in [1.165, 1.54) is 7.11 Å². The standard InChI is InChI=1S/C9H18N2O4S/c1-15-8(5-10)9(12)11-6-7-3-2-4-16(7,13)14/h7-8H,2-6,10H2,1H3,(H,11,12). The molecule has 1 amide bonds. The van der Waals surface area contributed by atoms with Crippen LogP contribution in [0, 0.1) is 0 Å². The van der Waals surface area contributed by atoms with E-state index in [2.05, 4.69) is 5.32 Å². The van der Waals surface area contributed by atoms with E-state index < -0.39 is 21.2 Å². The van der Waals surface area contributed by atoms with Crippen molar-refractivity contribution in [2.75, 3.05) is 26.0 Å². The summed E-state index contributed by atoms with van der Waals surface area (Å²) in [5.41, 5.74) is 5.32. The Kier molecular flexibility index (Phi) is 4.69. The Morgan fingerprint density at radius 1 is 1.62 bits per heavy atom. The van der Waals surface area contributed by atoms with Gasteiger partial charge in [-0.3, -0.25) is 4.79 Å². The number of carbonyl (C=O) groups excluding carboxylic acids is 1. The SMILES string of the molecule is COC(CN)C(=O)NCC1CCCS1(=O)=O. The molecule has 1 fully saturated rings. The van der Waals surface area contributed by atoms with E-state index in [0.717, 1.165) is 0 Å². The number of hydrogen-bond donors (Lipinski definition) is 2. The number of methoxy groups -OCH3 is 1. The molecule has 1 heterocycles. The lowest BCUT2D eigenvalue weighted by Gasteiger charge is -2.15. The van der Waals surface area contributed by atoms with Crippen molar-refractivity contribution in [1.29, 1.82) is 0 Å². The van der Waals surface area contributed by atoms with Gasteiger partial charge in [-0.1, -0.05) is 0 Å². The van der Waals surface area contributed by atoms with Crippen molar-refractivity contribution in [2.24, 2.45) is 5.73 Å². The Balaban J connectivity index is 2.43. The van der Waals surface area contributed by atoms with Gasteiger partial charge in [-0.05, 0) is 12.8 Å². The van der Waals surface area contributed by atoms with Crippen LogP contribution in [0.15, 0.2) is 0 Å². The van der Waals surface area contributed by atoms with E-state index in [-0.39, 0.29) is 24.7 Å². The Labute approximate surface area is 95.4 Å². The Bertz CT molecular complexity index is 337. The van der Waals surface area contributed by atoms with E-state index in [4.69, 9.17) is 10.5 Å². The predicted octanol–water partition coefficient (Wildman–Crippen LogP) is -1.35. The fourth-order valence-corrected chi connectivity index (χ4v) is 3.49. The highest BCUT2D eigenvalue weighted by molar-refractivity contribution is 7.92. The summed E-state index contributed by atoms with van der Waals surface area (Å²) in [5.74, 6) is -0.134. The minimum Gasteiger partial charge on any atom is -0.370 e. The van der Waals surface area contributed by atoms with Crippen LogP contribution in [0.25, 0.3) is 0 Å². The fraction of sp³-hybridized carbons (Fsp3) is 0.889. The van der Waals surface area contributed by atoms with Crippen LogP contribution in [0.2, 0.25) is 0 Å². The molecule has 0 bridgehead atoms. The number of amides is 1. The molecule has 1 aliphatic rings. The van der Waals surface area contributed by atoms with Crippen LogP contribution in [0.1, 0.15) is 12.8 Å². The first kappa shape index (κ1) is 13.4. The van der Waals surface area contributed by atoms with Gasteiger partial charge in [-0.2, -0.15) is 0 Å². The summed E-state index contributed by atoms with van der Waals surface area (Å²) < 4.78 is 27.8. The summed E-state index contributed by atoms with van der Waals surface area (Å²) in [6, 6.07) is 0. The molecule has 1 aliphatic heterocycles. The van der Waals surface area contributed by atoms with E-state index in [0.29, 0.717) is 12.8 Å². The smallest absolute Gasteiger partial charge is 0.250 e. The quantitative estimate of drug-likeness (QED) is 0.629. The van der Waals surface area contributed by atoms with Gasteiger partial charge in [0.05, 0.1) is 11.0 Å². The third kappa shape index (κ3) is 3.16. The van der Waals surface area contributed by atoms with E-state index in [9.17, 15) is 13.2 Å². The first-order chi connectivity index (χ1) is 7.51. The van der Waals surface area contributed by atoms with Gasteiger partial charge in [0.25, 0.3) is 0 Å². The minimum atomic E-state index is -3.01. The van der Waals surface area contributed by atoms with E-state index in [1.807, 2.05) is 0 Å². The normalized spacial score (nSPS) is 25.2. The van der Waals surface area contributed by atoms with Crippen LogP contribution in [0.4, 0.5) is 0 Å². The molecule has 6 nitrogen and oxygen atoms in total. The van der Waals surface area contributed by atoms with Crippen molar-refractivity contribution in [1.82, 2.24) is 5.32 Å². The molecule has 0 aromatic heterocycles. The number of nitrogens with two attached hydrogens (primary N) is 1. The van der Waals surface area contributed by atoms with E-state index in [1.54, 1.807) is 0 Å². The molecule has 2 unspecified atom stereocenters. The number of hydrogen-bond acceptors (Lipinski definition) is 5. The van der Waals surface area contributed by atoms with Crippen LogP contribution < -0.4 is 11.1 Å². The van der Waals surface area contributed by atoms with Crippen LogP contribution in [-0.4, -0.2) is 51.6 Å². The van der Waals surface area contributed by atoms with Gasteiger partial charge < -0.3 is 15.8 Å². The Hall–Kier alpha value is -0.660. The molecule has 3 N–H and O–H groups in total. The summed E-state index contributed by atoms with van der Waals surface area (Å²) in [6.07, 6.45) is 0.584. The first-order valence-electron chi connectivity index (χ1n) is 5.23. The molecule has 16 heavy (non-hydrogen) atoms. The third-order valence-corrected chi connectivity index (χ3v) is 5.03. The maximum absolute atomic E-state index is 11.5. The van der Waals surface area contributed by atoms with Crippen LogP contribution >= 0.6 is 0 Å². The Morgan fingerprint density at radius 3 is 2.75 bits per heavy atom. The second-order valence-corrected chi connectivity index (χ2v) is 6.24. The zero-order valence-corrected chi connectivity index (χ0v) is 10.1. The van der Waals surface area contributed by atoms with Crippen molar-refractivity contribution in [3.05, 3.63) is 0 Å². The van der Waals surface area contributed by atoms with Crippen molar-refractivity contribution in [2.45, 2.75) is 24.2 Å². The fourth-order valence-electron chi connectivity index (χ4n) is 1.73. The second kappa shape index (κ2) is 5.60. The zero-order valence-electron chi connectivity index (χ0n) is 9.31. The van der Waals surface area contributed by atoms with Crippen LogP contribution in [-0.2, 0) is 19.4 Å². The molecule has 0 radical (unpaired) electrons. The molecule has 0 aromatic rings. The van der Waals surface area contributed by atoms with Crippen molar-refractivity contribution in [3.63, 3.8) is 0 Å². The lowest BCUT2D eigenvalue weighted by molar-refractivity contribution is -0.130. The summed E-state index contributed by atoms with van der Waals surface area (Å²) in [6.45, 7) is 0.237. The van der Waals surface area contributed by atoms with Gasteiger partial charge in [0, 0.05) is 20.2 Å². The van der Waals surface area contributed by atoms with Gasteiger partial charge in [-0.15, -0.1) is 0 Å². The second-order valence-electron chi connectivity index (χ2n) is 3.84. The molecule has 7 heteroatoms. The average molecular weight is 250 g/mol. The number of ether oxygens (including phenoxy) is 1. The highest BCUT2D eigenvalue weighted by atomic mass is 32.2. The number of carbonyl (C=O) groups is 1. The molecule has 0 aliphatic carbocycles. The predicted molar refractivity (Wildman–Crippen MR) is 59.7 cm³/mol. The van der Waals surface area contributed by atoms with Gasteiger partial charge in [-0.25, -0.2) is 8.42 Å². The minimum absolute atomic E-state index is 0.0831. The molecular formula is C9H18N2O4S. The molecule has 2 atom stereocenters. The maximum atomic E-state index is 11.5. The van der Waals surface area contributed by atoms with Gasteiger partial charge in [0.2, 0.25) is 5.91 Å². The lowest BCUT2D eigenvalue weighted by atomic mass is 10.2. The molecule has 0 aromatic carbocycles. The maximum Gasteiger partial charge on any atom is 0.250 e. The van der Waals surface area contributed by atoms with E-state index >= 15 is 0 Å². The summed E-state index contributed by atoms with van der Waals surface area (Å²) >= 11 is 0. The highest BCUT2D eigenvalue weighted by Crippen LogP contribution is 2.18. The lowest BCUT2D eigenvalue weighted by Crippen LogP contribution is -2.44. The highest BCUT2D eigenvalue weighted by Gasteiger charge is 2.31. The summed E-state index contributed by atoms with van der Waals surface area (Å²) in [4.78, 5) is 11.5. The van der Waals surface area contributed by atoms with Crippen LogP contribution in [0.3, 0.4) is 0 Å². The van der Waals surface area contributed by atoms with Gasteiger partial charge in [0.15, 0.2) is 9.84 Å². The summed E-state index contributed by atoms with van der Waals surface area (Å²) in [5, 5.41) is 2.11. The summed E-state index contributed by atoms with van der Waals surface area (Å²) in [7, 11) is -1.62. The average Bonchev–Trinajstić information content (AvgIpc) is 2.56. The molecular weight excluding hydrogens is 232 g/mol. The molecule has 1 saturated heterocycles. The third-order valence-electron chi connectivity index (χ3n) is 2.76. The molecule has 94 valence electrons. The Morgan fingerprint density at radius 2 is 2.31 bits per heavy atom. The zero-order chi connectivity index (χ0) is 12.2. The molecule has 0 spiro atoms. The monoisotopic (exact) mass is 250 g/mol. The molecule has 1 rings (SSSR count). The first-order valence-corrected chi connectivity index (χ1v) is 6.95. The topological polar surface area (TPSA) is 98.5 Å². The van der Waals surface area contributed by atoms with Gasteiger partial charge in [0.1, 0.15) is 6.10 Å². The van der Waals surface area contributed by atoms with Crippen LogP contribution in [0.5, 0.6) is 0 Å². The largest absolute Gasteiger partial charge is 0.370 e. The van der Waals surface area contributed by atoms with Crippen molar-refractivity contribution in [3.8, 4) is 0 Å². The van der Waals surface area contributed by atoms with Crippen molar-refractivity contribution < 1.29 is 17.9 Å². The number of nitrogens with one attached hydrogen (secondary N) is 1. The number of rotatable bonds is 5. The van der Waals surface area contributed by atoms with Crippen molar-refractivity contribution >= 4 is 15.7 Å². The number of sulfone groups is 1. The molecule has 0 saturated carbocycles. The van der Waals surface area contributed by atoms with Gasteiger partial charge >= 0.3 is 0 Å².